The Morgan fingerprint density at radius 2 is 2.05 bits per heavy atom. The first kappa shape index (κ1) is 16.4. The van der Waals surface area contributed by atoms with Crippen LogP contribution in [0.5, 0.6) is 5.75 Å². The molecule has 108 valence electrons. The Hall–Kier alpha value is -0.670. The number of hydrogen-bond acceptors (Lipinski definition) is 3. The molecular weight excluding hydrogens is 254 g/mol. The van der Waals surface area contributed by atoms with Crippen molar-refractivity contribution in [1.82, 2.24) is 5.32 Å². The van der Waals surface area contributed by atoms with Crippen molar-refractivity contribution in [2.24, 2.45) is 0 Å². The fourth-order valence-electron chi connectivity index (χ4n) is 2.05. The van der Waals surface area contributed by atoms with Gasteiger partial charge in [-0.25, -0.2) is 0 Å². The lowest BCUT2D eigenvalue weighted by atomic mass is 10.0. The minimum atomic E-state index is 0.381. The molecule has 1 rings (SSSR count). The lowest BCUT2D eigenvalue weighted by molar-refractivity contribution is 0.402. The smallest absolute Gasteiger partial charge is 0.123 e. The zero-order valence-electron chi connectivity index (χ0n) is 12.7. The number of rotatable bonds is 9. The van der Waals surface area contributed by atoms with Gasteiger partial charge in [0.1, 0.15) is 5.75 Å². The molecule has 19 heavy (non-hydrogen) atoms. The molecule has 0 aromatic heterocycles. The first-order valence-electron chi connectivity index (χ1n) is 7.18. The van der Waals surface area contributed by atoms with Crippen LogP contribution < -0.4 is 10.1 Å². The molecular formula is C16H27NOS. The third kappa shape index (κ3) is 5.45. The van der Waals surface area contributed by atoms with E-state index in [4.69, 9.17) is 4.74 Å². The van der Waals surface area contributed by atoms with Gasteiger partial charge in [0.2, 0.25) is 0 Å². The third-order valence-corrected chi connectivity index (χ3v) is 4.30. The van der Waals surface area contributed by atoms with Crippen molar-refractivity contribution in [2.45, 2.75) is 39.7 Å². The fraction of sp³-hybridized carbons (Fsp3) is 0.625. The SMILES string of the molecule is CCCNC(CSCCC)c1cc(C)ccc1OC. The Kier molecular flexibility index (Phi) is 7.99. The topological polar surface area (TPSA) is 21.3 Å². The summed E-state index contributed by atoms with van der Waals surface area (Å²) in [7, 11) is 1.75. The Morgan fingerprint density at radius 1 is 1.26 bits per heavy atom. The highest BCUT2D eigenvalue weighted by Gasteiger charge is 2.15. The van der Waals surface area contributed by atoms with E-state index in [1.54, 1.807) is 7.11 Å². The molecule has 3 heteroatoms. The summed E-state index contributed by atoms with van der Waals surface area (Å²) in [4.78, 5) is 0. The second-order valence-electron chi connectivity index (χ2n) is 4.83. The first-order valence-corrected chi connectivity index (χ1v) is 8.34. The van der Waals surface area contributed by atoms with Crippen LogP contribution in [0.3, 0.4) is 0 Å². The summed E-state index contributed by atoms with van der Waals surface area (Å²) in [6, 6.07) is 6.82. The molecule has 2 nitrogen and oxygen atoms in total. The minimum Gasteiger partial charge on any atom is -0.496 e. The molecule has 0 saturated carbocycles. The zero-order valence-corrected chi connectivity index (χ0v) is 13.5. The van der Waals surface area contributed by atoms with Crippen molar-refractivity contribution in [3.8, 4) is 5.75 Å². The molecule has 0 aliphatic heterocycles. The lowest BCUT2D eigenvalue weighted by Crippen LogP contribution is -2.25. The second-order valence-corrected chi connectivity index (χ2v) is 5.98. The van der Waals surface area contributed by atoms with Crippen LogP contribution in [0.1, 0.15) is 43.9 Å². The molecule has 0 heterocycles. The highest BCUT2D eigenvalue weighted by atomic mass is 32.2. The van der Waals surface area contributed by atoms with E-state index in [0.717, 1.165) is 24.5 Å². The van der Waals surface area contributed by atoms with Gasteiger partial charge >= 0.3 is 0 Å². The largest absolute Gasteiger partial charge is 0.496 e. The summed E-state index contributed by atoms with van der Waals surface area (Å²) < 4.78 is 5.52. The van der Waals surface area contributed by atoms with Crippen molar-refractivity contribution < 1.29 is 4.74 Å². The second kappa shape index (κ2) is 9.27. The van der Waals surface area contributed by atoms with E-state index in [0.29, 0.717) is 6.04 Å². The van der Waals surface area contributed by atoms with Gasteiger partial charge in [-0.1, -0.05) is 31.5 Å². The van der Waals surface area contributed by atoms with Crippen molar-refractivity contribution >= 4 is 11.8 Å². The van der Waals surface area contributed by atoms with E-state index in [1.165, 1.54) is 23.3 Å². The predicted octanol–water partition coefficient (Wildman–Crippen LogP) is 4.19. The normalized spacial score (nSPS) is 12.4. The quantitative estimate of drug-likeness (QED) is 0.686. The average molecular weight is 281 g/mol. The van der Waals surface area contributed by atoms with Crippen LogP contribution in [0.2, 0.25) is 0 Å². The van der Waals surface area contributed by atoms with Crippen molar-refractivity contribution in [3.05, 3.63) is 29.3 Å². The maximum Gasteiger partial charge on any atom is 0.123 e. The van der Waals surface area contributed by atoms with Gasteiger partial charge in [0.15, 0.2) is 0 Å². The van der Waals surface area contributed by atoms with E-state index < -0.39 is 0 Å². The molecule has 0 fully saturated rings. The Morgan fingerprint density at radius 3 is 2.68 bits per heavy atom. The van der Waals surface area contributed by atoms with Gasteiger partial charge < -0.3 is 10.1 Å². The van der Waals surface area contributed by atoms with E-state index in [9.17, 15) is 0 Å². The van der Waals surface area contributed by atoms with Crippen LogP contribution in [0.25, 0.3) is 0 Å². The van der Waals surface area contributed by atoms with Crippen LogP contribution >= 0.6 is 11.8 Å². The Balaban J connectivity index is 2.84. The standard InChI is InChI=1S/C16H27NOS/c1-5-9-17-15(12-19-10-6-2)14-11-13(3)7-8-16(14)18-4/h7-8,11,15,17H,5-6,9-10,12H2,1-4H3. The minimum absolute atomic E-state index is 0.381. The molecule has 0 bridgehead atoms. The third-order valence-electron chi connectivity index (χ3n) is 3.03. The molecule has 0 saturated heterocycles. The summed E-state index contributed by atoms with van der Waals surface area (Å²) in [6.45, 7) is 7.62. The molecule has 0 aliphatic carbocycles. The van der Waals surface area contributed by atoms with Crippen molar-refractivity contribution in [1.29, 1.82) is 0 Å². The number of thioether (sulfide) groups is 1. The number of hydrogen-bond donors (Lipinski definition) is 1. The van der Waals surface area contributed by atoms with E-state index >= 15 is 0 Å². The molecule has 0 spiro atoms. The lowest BCUT2D eigenvalue weighted by Gasteiger charge is -2.21. The number of aryl methyl sites for hydroxylation is 1. The highest BCUT2D eigenvalue weighted by Crippen LogP contribution is 2.28. The summed E-state index contributed by atoms with van der Waals surface area (Å²) in [5.41, 5.74) is 2.58. The summed E-state index contributed by atoms with van der Waals surface area (Å²) in [5.74, 6) is 3.32. The molecule has 1 unspecified atom stereocenters. The Labute approximate surface area is 122 Å². The molecule has 1 N–H and O–H groups in total. The highest BCUT2D eigenvalue weighted by molar-refractivity contribution is 7.99. The maximum atomic E-state index is 5.52. The number of methoxy groups -OCH3 is 1. The van der Waals surface area contributed by atoms with Crippen molar-refractivity contribution in [3.63, 3.8) is 0 Å². The van der Waals surface area contributed by atoms with Gasteiger partial charge in [-0.15, -0.1) is 0 Å². The Bertz CT molecular complexity index is 368. The van der Waals surface area contributed by atoms with Gasteiger partial charge in [0, 0.05) is 17.4 Å². The molecule has 0 radical (unpaired) electrons. The van der Waals surface area contributed by atoms with Gasteiger partial charge in [-0.05, 0) is 38.1 Å². The first-order chi connectivity index (χ1) is 9.22. The van der Waals surface area contributed by atoms with Crippen LogP contribution in [0.4, 0.5) is 0 Å². The predicted molar refractivity (Wildman–Crippen MR) is 86.4 cm³/mol. The molecule has 1 aromatic rings. The molecule has 0 aliphatic rings. The van der Waals surface area contributed by atoms with Gasteiger partial charge in [-0.3, -0.25) is 0 Å². The maximum absolute atomic E-state index is 5.52. The van der Waals surface area contributed by atoms with E-state index in [1.807, 2.05) is 11.8 Å². The number of benzene rings is 1. The number of nitrogens with one attached hydrogen (secondary N) is 1. The van der Waals surface area contributed by atoms with Crippen LogP contribution in [0, 0.1) is 6.92 Å². The van der Waals surface area contributed by atoms with E-state index in [2.05, 4.69) is 44.3 Å². The van der Waals surface area contributed by atoms with Crippen LogP contribution in [0.15, 0.2) is 18.2 Å². The zero-order chi connectivity index (χ0) is 14.1. The van der Waals surface area contributed by atoms with Crippen molar-refractivity contribution in [2.75, 3.05) is 25.2 Å². The van der Waals surface area contributed by atoms with Gasteiger partial charge in [0.25, 0.3) is 0 Å². The van der Waals surface area contributed by atoms with Gasteiger partial charge in [0.05, 0.1) is 7.11 Å². The average Bonchev–Trinajstić information content (AvgIpc) is 2.42. The number of ether oxygens (including phenoxy) is 1. The van der Waals surface area contributed by atoms with Crippen LogP contribution in [-0.4, -0.2) is 25.2 Å². The molecule has 0 amide bonds. The summed E-state index contributed by atoms with van der Waals surface area (Å²) in [5, 5.41) is 3.65. The van der Waals surface area contributed by atoms with Gasteiger partial charge in [-0.2, -0.15) is 11.8 Å². The summed E-state index contributed by atoms with van der Waals surface area (Å²) in [6.07, 6.45) is 2.39. The summed E-state index contributed by atoms with van der Waals surface area (Å²) >= 11 is 2.01. The molecule has 1 aromatic carbocycles. The van der Waals surface area contributed by atoms with E-state index in [-0.39, 0.29) is 0 Å². The monoisotopic (exact) mass is 281 g/mol. The fourth-order valence-corrected chi connectivity index (χ4v) is 3.04. The molecule has 1 atom stereocenters. The van der Waals surface area contributed by atoms with Crippen LogP contribution in [-0.2, 0) is 0 Å².